The predicted molar refractivity (Wildman–Crippen MR) is 134 cm³/mol. The van der Waals surface area contributed by atoms with Crippen molar-refractivity contribution < 1.29 is 9.13 Å². The van der Waals surface area contributed by atoms with Gasteiger partial charge in [0.15, 0.2) is 5.82 Å². The van der Waals surface area contributed by atoms with Gasteiger partial charge in [-0.25, -0.2) is 4.39 Å². The number of hydrogen-bond acceptors (Lipinski definition) is 1. The number of halogens is 2. The Balaban J connectivity index is 1.40. The first-order valence-corrected chi connectivity index (χ1v) is 12.5. The fourth-order valence-electron chi connectivity index (χ4n) is 5.51. The van der Waals surface area contributed by atoms with Gasteiger partial charge >= 0.3 is 0 Å². The van der Waals surface area contributed by atoms with Crippen LogP contribution >= 0.6 is 11.6 Å². The van der Waals surface area contributed by atoms with Crippen molar-refractivity contribution in [1.29, 1.82) is 0 Å². The number of allylic oxidation sites excluding steroid dienone is 4. The maximum Gasteiger partial charge on any atom is 0.153 e. The van der Waals surface area contributed by atoms with Gasteiger partial charge in [0, 0.05) is 5.56 Å². The Morgan fingerprint density at radius 3 is 2.31 bits per heavy atom. The molecule has 32 heavy (non-hydrogen) atoms. The smallest absolute Gasteiger partial charge is 0.153 e. The molecule has 1 fully saturated rings. The highest BCUT2D eigenvalue weighted by Crippen LogP contribution is 2.42. The first-order chi connectivity index (χ1) is 15.6. The van der Waals surface area contributed by atoms with Crippen molar-refractivity contribution >= 4 is 17.2 Å². The van der Waals surface area contributed by atoms with Crippen LogP contribution in [0.4, 0.5) is 4.39 Å². The highest BCUT2D eigenvalue weighted by molar-refractivity contribution is 6.32. The van der Waals surface area contributed by atoms with Gasteiger partial charge in [-0.3, -0.25) is 0 Å². The Kier molecular flexibility index (Phi) is 7.73. The molecule has 0 aromatic heterocycles. The van der Waals surface area contributed by atoms with Crippen molar-refractivity contribution in [2.75, 3.05) is 6.61 Å². The molecule has 2 aliphatic rings. The van der Waals surface area contributed by atoms with Crippen LogP contribution in [-0.2, 0) is 0 Å². The summed E-state index contributed by atoms with van der Waals surface area (Å²) in [7, 11) is 0. The average molecular weight is 453 g/mol. The fourth-order valence-corrected chi connectivity index (χ4v) is 5.73. The molecule has 0 bridgehead atoms. The Bertz CT molecular complexity index is 967. The van der Waals surface area contributed by atoms with E-state index in [1.807, 2.05) is 19.1 Å². The third-order valence-electron chi connectivity index (χ3n) is 7.31. The summed E-state index contributed by atoms with van der Waals surface area (Å²) in [5.41, 5.74) is 4.03. The zero-order chi connectivity index (χ0) is 22.5. The Labute approximate surface area is 197 Å². The van der Waals surface area contributed by atoms with Gasteiger partial charge in [0.25, 0.3) is 0 Å². The molecule has 0 N–H and O–H groups in total. The number of rotatable bonds is 6. The van der Waals surface area contributed by atoms with E-state index in [1.54, 1.807) is 12.1 Å². The van der Waals surface area contributed by atoms with E-state index in [1.165, 1.54) is 49.7 Å². The molecule has 0 amide bonds. The van der Waals surface area contributed by atoms with Gasteiger partial charge in [0.1, 0.15) is 10.8 Å². The molecule has 4 rings (SSSR count). The van der Waals surface area contributed by atoms with Crippen LogP contribution in [0.1, 0.15) is 64.4 Å². The maximum atomic E-state index is 14.8. The van der Waals surface area contributed by atoms with Crippen molar-refractivity contribution in [2.24, 2.45) is 17.8 Å². The van der Waals surface area contributed by atoms with Crippen molar-refractivity contribution in [3.63, 3.8) is 0 Å². The van der Waals surface area contributed by atoms with Crippen molar-refractivity contribution in [1.82, 2.24) is 0 Å². The quantitative estimate of drug-likeness (QED) is 0.397. The van der Waals surface area contributed by atoms with Crippen molar-refractivity contribution in [3.8, 4) is 16.9 Å². The van der Waals surface area contributed by atoms with Crippen LogP contribution in [0.15, 0.2) is 54.6 Å². The SMILES string of the molecule is C/C=C/C1CCC(C2CC=C(c3ccc(-c4ccc(OCC)c(Cl)c4F)cc3)CC2)CC1. The molecule has 2 aromatic rings. The highest BCUT2D eigenvalue weighted by atomic mass is 35.5. The van der Waals surface area contributed by atoms with Gasteiger partial charge in [-0.05, 0) is 105 Å². The summed E-state index contributed by atoms with van der Waals surface area (Å²) in [6.45, 7) is 4.45. The van der Waals surface area contributed by atoms with Crippen LogP contribution in [0.25, 0.3) is 16.7 Å². The van der Waals surface area contributed by atoms with Gasteiger partial charge < -0.3 is 4.74 Å². The van der Waals surface area contributed by atoms with E-state index in [4.69, 9.17) is 16.3 Å². The summed E-state index contributed by atoms with van der Waals surface area (Å²) in [4.78, 5) is 0. The van der Waals surface area contributed by atoms with Gasteiger partial charge in [-0.15, -0.1) is 0 Å². The summed E-state index contributed by atoms with van der Waals surface area (Å²) in [5.74, 6) is 2.51. The number of benzene rings is 2. The lowest BCUT2D eigenvalue weighted by Gasteiger charge is -2.34. The van der Waals surface area contributed by atoms with Gasteiger partial charge in [0.05, 0.1) is 6.61 Å². The third-order valence-corrected chi connectivity index (χ3v) is 7.66. The van der Waals surface area contributed by atoms with Crippen LogP contribution in [0.5, 0.6) is 5.75 Å². The van der Waals surface area contributed by atoms with Crippen molar-refractivity contribution in [2.45, 2.75) is 58.8 Å². The van der Waals surface area contributed by atoms with E-state index in [-0.39, 0.29) is 5.02 Å². The normalized spacial score (nSPS) is 23.9. The second-order valence-corrected chi connectivity index (χ2v) is 9.59. The van der Waals surface area contributed by atoms with E-state index in [9.17, 15) is 4.39 Å². The first-order valence-electron chi connectivity index (χ1n) is 12.1. The molecule has 1 saturated carbocycles. The third kappa shape index (κ3) is 5.12. The molecular formula is C29H34ClFO. The van der Waals surface area contributed by atoms with Crippen LogP contribution in [0.3, 0.4) is 0 Å². The molecule has 1 atom stereocenters. The molecule has 0 spiro atoms. The highest BCUT2D eigenvalue weighted by Gasteiger charge is 2.28. The zero-order valence-corrected chi connectivity index (χ0v) is 20.0. The largest absolute Gasteiger partial charge is 0.492 e. The lowest BCUT2D eigenvalue weighted by Crippen LogP contribution is -2.22. The van der Waals surface area contributed by atoms with Crippen LogP contribution in [0.2, 0.25) is 5.02 Å². The minimum atomic E-state index is -0.422. The van der Waals surface area contributed by atoms with E-state index in [2.05, 4.69) is 37.3 Å². The number of ether oxygens (including phenoxy) is 1. The molecule has 3 heteroatoms. The topological polar surface area (TPSA) is 9.23 Å². The molecule has 1 unspecified atom stereocenters. The second-order valence-electron chi connectivity index (χ2n) is 9.21. The Morgan fingerprint density at radius 2 is 1.69 bits per heavy atom. The summed E-state index contributed by atoms with van der Waals surface area (Å²) < 4.78 is 20.2. The standard InChI is InChI=1S/C29H34ClFO/c1-3-5-20-6-8-21(9-7-20)22-10-12-23(13-11-22)24-14-16-25(17-15-24)26-18-19-27(32-4-2)28(30)29(26)31/h3,5,12,14-22H,4,6-11,13H2,1-2H3/b5-3+. The molecule has 1 nitrogen and oxygen atoms in total. The maximum absolute atomic E-state index is 14.8. The lowest BCUT2D eigenvalue weighted by molar-refractivity contribution is 0.212. The molecule has 0 heterocycles. The monoisotopic (exact) mass is 452 g/mol. The van der Waals surface area contributed by atoms with Crippen molar-refractivity contribution in [3.05, 3.63) is 71.0 Å². The van der Waals surface area contributed by atoms with Gasteiger partial charge in [-0.1, -0.05) is 54.1 Å². The minimum absolute atomic E-state index is 0.0502. The lowest BCUT2D eigenvalue weighted by atomic mass is 9.71. The Hall–Kier alpha value is -2.06. The van der Waals surface area contributed by atoms with Crippen LogP contribution in [-0.4, -0.2) is 6.61 Å². The molecule has 2 aliphatic carbocycles. The van der Waals surface area contributed by atoms with Crippen LogP contribution < -0.4 is 4.74 Å². The molecule has 0 saturated heterocycles. The molecule has 2 aromatic carbocycles. The molecule has 170 valence electrons. The summed E-state index contributed by atoms with van der Waals surface area (Å²) >= 11 is 6.17. The van der Waals surface area contributed by atoms with E-state index < -0.39 is 5.82 Å². The van der Waals surface area contributed by atoms with Crippen LogP contribution in [0, 0.1) is 23.6 Å². The Morgan fingerprint density at radius 1 is 0.969 bits per heavy atom. The predicted octanol–water partition coefficient (Wildman–Crippen LogP) is 9.11. The van der Waals surface area contributed by atoms with E-state index in [0.29, 0.717) is 17.9 Å². The van der Waals surface area contributed by atoms with Gasteiger partial charge in [-0.2, -0.15) is 0 Å². The molecule has 0 radical (unpaired) electrons. The summed E-state index contributed by atoms with van der Waals surface area (Å²) in [6, 6.07) is 11.7. The number of hydrogen-bond donors (Lipinski definition) is 0. The zero-order valence-electron chi connectivity index (χ0n) is 19.2. The fraction of sp³-hybridized carbons (Fsp3) is 0.448. The summed E-state index contributed by atoms with van der Waals surface area (Å²) in [5, 5.41) is 0.0502. The average Bonchev–Trinajstić information content (AvgIpc) is 2.83. The first kappa shape index (κ1) is 23.1. The van der Waals surface area contributed by atoms with Gasteiger partial charge in [0.2, 0.25) is 0 Å². The van der Waals surface area contributed by atoms with E-state index >= 15 is 0 Å². The molecule has 0 aliphatic heterocycles. The summed E-state index contributed by atoms with van der Waals surface area (Å²) in [6.07, 6.45) is 16.2. The van der Waals surface area contributed by atoms with E-state index in [0.717, 1.165) is 29.7 Å². The molecular weight excluding hydrogens is 419 g/mol. The second kappa shape index (κ2) is 10.7. The minimum Gasteiger partial charge on any atom is -0.492 e.